The van der Waals surface area contributed by atoms with Crippen LogP contribution in [0, 0.1) is 5.41 Å². The van der Waals surface area contributed by atoms with E-state index in [0.717, 1.165) is 17.5 Å². The lowest BCUT2D eigenvalue weighted by Crippen LogP contribution is -2.47. The Hall–Kier alpha value is -0.0800. The first-order valence-electron chi connectivity index (χ1n) is 8.78. The number of nitrogens with zero attached hydrogens (tertiary/aromatic N) is 1. The maximum atomic E-state index is 3.98. The van der Waals surface area contributed by atoms with Gasteiger partial charge in [0.25, 0.3) is 0 Å². The molecule has 110 valence electrons. The number of likely N-dealkylation sites (tertiary alicyclic amines) is 1. The molecule has 2 nitrogen and oxygen atoms in total. The highest BCUT2D eigenvalue weighted by molar-refractivity contribution is 4.92. The average Bonchev–Trinajstić information content (AvgIpc) is 2.91. The van der Waals surface area contributed by atoms with Gasteiger partial charge in [0.1, 0.15) is 0 Å². The Balaban J connectivity index is 1.40. The van der Waals surface area contributed by atoms with Gasteiger partial charge in [-0.05, 0) is 76.4 Å². The van der Waals surface area contributed by atoms with E-state index in [1.165, 1.54) is 83.8 Å². The number of rotatable bonds is 3. The summed E-state index contributed by atoms with van der Waals surface area (Å²) < 4.78 is 0. The van der Waals surface area contributed by atoms with E-state index in [0.29, 0.717) is 0 Å². The second-order valence-corrected chi connectivity index (χ2v) is 7.36. The van der Waals surface area contributed by atoms with Crippen molar-refractivity contribution in [2.75, 3.05) is 19.6 Å². The third-order valence-corrected chi connectivity index (χ3v) is 6.22. The molecule has 1 saturated heterocycles. The van der Waals surface area contributed by atoms with Gasteiger partial charge in [-0.3, -0.25) is 0 Å². The van der Waals surface area contributed by atoms with E-state index in [1.807, 2.05) is 0 Å². The summed E-state index contributed by atoms with van der Waals surface area (Å²) in [5.74, 6) is 0. The van der Waals surface area contributed by atoms with Gasteiger partial charge >= 0.3 is 0 Å². The molecule has 2 aliphatic carbocycles. The Morgan fingerprint density at radius 3 is 2.05 bits per heavy atom. The molecule has 1 N–H and O–H groups in total. The highest BCUT2D eigenvalue weighted by Crippen LogP contribution is 2.48. The highest BCUT2D eigenvalue weighted by Gasteiger charge is 2.37. The third kappa shape index (κ3) is 3.33. The molecule has 0 atom stereocenters. The summed E-state index contributed by atoms with van der Waals surface area (Å²) in [5.41, 5.74) is 0.795. The average molecular weight is 264 g/mol. The third-order valence-electron chi connectivity index (χ3n) is 6.22. The first kappa shape index (κ1) is 13.9. The summed E-state index contributed by atoms with van der Waals surface area (Å²) in [6.45, 7) is 6.14. The maximum absolute atomic E-state index is 3.98. The molecule has 3 aliphatic rings. The van der Waals surface area contributed by atoms with Gasteiger partial charge in [0.2, 0.25) is 0 Å². The van der Waals surface area contributed by atoms with Crippen LogP contribution in [-0.4, -0.2) is 36.6 Å². The van der Waals surface area contributed by atoms with E-state index in [-0.39, 0.29) is 0 Å². The SMILES string of the molecule is CCN1CCC(NC2CCC3(CCCC3)CC2)CC1. The van der Waals surface area contributed by atoms with Crippen LogP contribution in [0.4, 0.5) is 0 Å². The standard InChI is InChI=1S/C17H32N2/c1-2-19-13-7-16(8-14-19)18-15-5-11-17(12-6-15)9-3-4-10-17/h15-16,18H,2-14H2,1H3. The molecule has 1 spiro atoms. The molecule has 0 unspecified atom stereocenters. The fourth-order valence-corrected chi connectivity index (χ4v) is 4.77. The second-order valence-electron chi connectivity index (χ2n) is 7.36. The van der Waals surface area contributed by atoms with E-state index in [4.69, 9.17) is 0 Å². The van der Waals surface area contributed by atoms with Gasteiger partial charge in [-0.25, -0.2) is 0 Å². The molecule has 0 aromatic carbocycles. The first-order valence-corrected chi connectivity index (χ1v) is 8.78. The highest BCUT2D eigenvalue weighted by atomic mass is 15.1. The molecule has 0 aromatic heterocycles. The number of hydrogen-bond acceptors (Lipinski definition) is 2. The zero-order valence-electron chi connectivity index (χ0n) is 12.8. The van der Waals surface area contributed by atoms with Crippen molar-refractivity contribution in [2.45, 2.75) is 83.2 Å². The van der Waals surface area contributed by atoms with E-state index in [9.17, 15) is 0 Å². The summed E-state index contributed by atoms with van der Waals surface area (Å²) in [4.78, 5) is 2.59. The van der Waals surface area contributed by atoms with Crippen molar-refractivity contribution >= 4 is 0 Å². The Bertz CT molecular complexity index is 265. The van der Waals surface area contributed by atoms with Gasteiger partial charge < -0.3 is 10.2 Å². The van der Waals surface area contributed by atoms with Crippen LogP contribution in [-0.2, 0) is 0 Å². The minimum Gasteiger partial charge on any atom is -0.311 e. The Morgan fingerprint density at radius 1 is 0.895 bits per heavy atom. The summed E-state index contributed by atoms with van der Waals surface area (Å²) >= 11 is 0. The lowest BCUT2D eigenvalue weighted by atomic mass is 9.71. The van der Waals surface area contributed by atoms with E-state index in [2.05, 4.69) is 17.1 Å². The fraction of sp³-hybridized carbons (Fsp3) is 1.00. The monoisotopic (exact) mass is 264 g/mol. The second kappa shape index (κ2) is 6.13. The van der Waals surface area contributed by atoms with Gasteiger partial charge in [-0.15, -0.1) is 0 Å². The molecule has 0 radical (unpaired) electrons. The molecule has 3 fully saturated rings. The first-order chi connectivity index (χ1) is 9.30. The molecule has 1 aliphatic heterocycles. The van der Waals surface area contributed by atoms with Crippen molar-refractivity contribution in [3.05, 3.63) is 0 Å². The lowest BCUT2D eigenvalue weighted by molar-refractivity contribution is 0.145. The number of piperidine rings is 1. The Morgan fingerprint density at radius 2 is 1.47 bits per heavy atom. The predicted octanol–water partition coefficient (Wildman–Crippen LogP) is 3.56. The predicted molar refractivity (Wildman–Crippen MR) is 81.4 cm³/mol. The van der Waals surface area contributed by atoms with Crippen LogP contribution < -0.4 is 5.32 Å². The van der Waals surface area contributed by atoms with E-state index < -0.39 is 0 Å². The van der Waals surface area contributed by atoms with Gasteiger partial charge in [0.15, 0.2) is 0 Å². The van der Waals surface area contributed by atoms with Crippen molar-refractivity contribution in [3.8, 4) is 0 Å². The van der Waals surface area contributed by atoms with Gasteiger partial charge in [-0.1, -0.05) is 19.8 Å². The molecule has 19 heavy (non-hydrogen) atoms. The van der Waals surface area contributed by atoms with Crippen LogP contribution in [0.2, 0.25) is 0 Å². The molecule has 2 heteroatoms. The van der Waals surface area contributed by atoms with Crippen molar-refractivity contribution in [2.24, 2.45) is 5.41 Å². The lowest BCUT2D eigenvalue weighted by Gasteiger charge is -2.40. The van der Waals surface area contributed by atoms with E-state index in [1.54, 1.807) is 0 Å². The van der Waals surface area contributed by atoms with Crippen molar-refractivity contribution in [1.29, 1.82) is 0 Å². The molecule has 1 heterocycles. The van der Waals surface area contributed by atoms with Crippen LogP contribution in [0.1, 0.15) is 71.1 Å². The van der Waals surface area contributed by atoms with Crippen LogP contribution >= 0.6 is 0 Å². The molecule has 2 saturated carbocycles. The normalized spacial score (nSPS) is 30.2. The number of nitrogens with one attached hydrogen (secondary N) is 1. The van der Waals surface area contributed by atoms with Gasteiger partial charge in [0, 0.05) is 12.1 Å². The van der Waals surface area contributed by atoms with Crippen molar-refractivity contribution in [3.63, 3.8) is 0 Å². The summed E-state index contributed by atoms with van der Waals surface area (Å²) in [5, 5.41) is 3.98. The Labute approximate surface area is 119 Å². The van der Waals surface area contributed by atoms with Crippen LogP contribution in [0.3, 0.4) is 0 Å². The van der Waals surface area contributed by atoms with Gasteiger partial charge in [0.05, 0.1) is 0 Å². The number of hydrogen-bond donors (Lipinski definition) is 1. The summed E-state index contributed by atoms with van der Waals surface area (Å²) in [6.07, 6.45) is 14.8. The smallest absolute Gasteiger partial charge is 0.00940 e. The largest absolute Gasteiger partial charge is 0.311 e. The zero-order valence-corrected chi connectivity index (χ0v) is 12.8. The maximum Gasteiger partial charge on any atom is 0.00940 e. The minimum atomic E-state index is 0.795. The Kier molecular flexibility index (Phi) is 4.48. The van der Waals surface area contributed by atoms with Crippen LogP contribution in [0.25, 0.3) is 0 Å². The fourth-order valence-electron chi connectivity index (χ4n) is 4.77. The molecular formula is C17H32N2. The zero-order chi connectivity index (χ0) is 13.1. The van der Waals surface area contributed by atoms with Gasteiger partial charge in [-0.2, -0.15) is 0 Å². The summed E-state index contributed by atoms with van der Waals surface area (Å²) in [7, 11) is 0. The van der Waals surface area contributed by atoms with Crippen molar-refractivity contribution < 1.29 is 0 Å². The molecular weight excluding hydrogens is 232 g/mol. The van der Waals surface area contributed by atoms with E-state index >= 15 is 0 Å². The molecule has 0 bridgehead atoms. The molecule has 3 rings (SSSR count). The van der Waals surface area contributed by atoms with Crippen LogP contribution in [0.5, 0.6) is 0 Å². The quantitative estimate of drug-likeness (QED) is 0.838. The van der Waals surface area contributed by atoms with Crippen LogP contribution in [0.15, 0.2) is 0 Å². The molecule has 0 aromatic rings. The topological polar surface area (TPSA) is 15.3 Å². The van der Waals surface area contributed by atoms with Crippen molar-refractivity contribution in [1.82, 2.24) is 10.2 Å². The minimum absolute atomic E-state index is 0.795. The summed E-state index contributed by atoms with van der Waals surface area (Å²) in [6, 6.07) is 1.65. The molecule has 0 amide bonds.